The average Bonchev–Trinajstić information content (AvgIpc) is 1.83. The summed E-state index contributed by atoms with van der Waals surface area (Å²) in [5.41, 5.74) is 0. The van der Waals surface area contributed by atoms with Crippen LogP contribution >= 0.6 is 22.6 Å². The zero-order valence-electron chi connectivity index (χ0n) is 5.78. The molecule has 3 heteroatoms. The van der Waals surface area contributed by atoms with E-state index >= 15 is 0 Å². The average molecular weight is 241 g/mol. The first-order valence-corrected chi connectivity index (χ1v) is 4.52. The number of rotatable bonds is 3. The highest BCUT2D eigenvalue weighted by Gasteiger charge is 1.97. The van der Waals surface area contributed by atoms with Gasteiger partial charge in [-0.25, -0.2) is 0 Å². The molecule has 0 saturated heterocycles. The molecule has 0 aliphatic carbocycles. The fraction of sp³-hybridized carbons (Fsp3) is 0.833. The Morgan fingerprint density at radius 2 is 2.22 bits per heavy atom. The molecule has 0 rings (SSSR count). The van der Waals surface area contributed by atoms with Gasteiger partial charge in [0.2, 0.25) is 5.91 Å². The summed E-state index contributed by atoms with van der Waals surface area (Å²) < 4.78 is 0.560. The third-order valence-electron chi connectivity index (χ3n) is 0.829. The first kappa shape index (κ1) is 9.20. The van der Waals surface area contributed by atoms with Crippen molar-refractivity contribution < 1.29 is 4.79 Å². The van der Waals surface area contributed by atoms with E-state index in [-0.39, 0.29) is 5.91 Å². The first-order valence-electron chi connectivity index (χ1n) is 2.99. The minimum Gasteiger partial charge on any atom is -0.355 e. The molecule has 0 aromatic carbocycles. The second-order valence-electron chi connectivity index (χ2n) is 2.33. The van der Waals surface area contributed by atoms with Crippen molar-refractivity contribution in [3.63, 3.8) is 0 Å². The molecular weight excluding hydrogens is 229 g/mol. The normalized spacial score (nSPS) is 9.78. The number of alkyl halides is 1. The zero-order valence-corrected chi connectivity index (χ0v) is 7.94. The van der Waals surface area contributed by atoms with Gasteiger partial charge in [0, 0.05) is 6.54 Å². The fourth-order valence-corrected chi connectivity index (χ4v) is 0.635. The molecule has 0 bridgehead atoms. The third kappa shape index (κ3) is 6.08. The predicted octanol–water partition coefficient (Wildman–Crippen LogP) is 1.19. The number of carbonyl (C=O) groups excluding carboxylic acids is 1. The molecule has 0 atom stereocenters. The lowest BCUT2D eigenvalue weighted by molar-refractivity contribution is -0.118. The maximum absolute atomic E-state index is 10.6. The van der Waals surface area contributed by atoms with Crippen molar-refractivity contribution in [2.24, 2.45) is 5.92 Å². The van der Waals surface area contributed by atoms with Gasteiger partial charge in [-0.3, -0.25) is 4.79 Å². The predicted molar refractivity (Wildman–Crippen MR) is 46.7 cm³/mol. The minimum absolute atomic E-state index is 0.129. The number of halogens is 1. The Morgan fingerprint density at radius 1 is 1.67 bits per heavy atom. The standard InChI is InChI=1S/C6H12INO/c1-5(2)4-8-6(9)3-7/h5H,3-4H2,1-2H3,(H,8,9). The Hall–Kier alpha value is 0.200. The molecule has 1 amide bonds. The van der Waals surface area contributed by atoms with Crippen molar-refractivity contribution >= 4 is 28.5 Å². The fourth-order valence-electron chi connectivity index (χ4n) is 0.365. The van der Waals surface area contributed by atoms with E-state index in [1.54, 1.807) is 0 Å². The van der Waals surface area contributed by atoms with Gasteiger partial charge >= 0.3 is 0 Å². The summed E-state index contributed by atoms with van der Waals surface area (Å²) in [4.78, 5) is 10.6. The monoisotopic (exact) mass is 241 g/mol. The highest BCUT2D eigenvalue weighted by atomic mass is 127. The van der Waals surface area contributed by atoms with Gasteiger partial charge in [0.15, 0.2) is 0 Å². The summed E-state index contributed by atoms with van der Waals surface area (Å²) in [6.07, 6.45) is 0. The van der Waals surface area contributed by atoms with E-state index in [4.69, 9.17) is 0 Å². The van der Waals surface area contributed by atoms with E-state index in [9.17, 15) is 4.79 Å². The SMILES string of the molecule is CC(C)CNC(=O)CI. The molecule has 0 fully saturated rings. The van der Waals surface area contributed by atoms with Gasteiger partial charge in [-0.15, -0.1) is 0 Å². The molecule has 0 aliphatic heterocycles. The lowest BCUT2D eigenvalue weighted by Crippen LogP contribution is -2.27. The molecule has 54 valence electrons. The summed E-state index contributed by atoms with van der Waals surface area (Å²) in [6.45, 7) is 4.95. The van der Waals surface area contributed by atoms with E-state index in [0.717, 1.165) is 6.54 Å². The molecule has 0 saturated carbocycles. The maximum atomic E-state index is 10.6. The van der Waals surface area contributed by atoms with Crippen molar-refractivity contribution in [1.82, 2.24) is 5.32 Å². The molecule has 0 heterocycles. The topological polar surface area (TPSA) is 29.1 Å². The molecule has 1 N–H and O–H groups in total. The van der Waals surface area contributed by atoms with Crippen LogP contribution in [0.25, 0.3) is 0 Å². The maximum Gasteiger partial charge on any atom is 0.229 e. The van der Waals surface area contributed by atoms with Crippen LogP contribution in [0.3, 0.4) is 0 Å². The zero-order chi connectivity index (χ0) is 7.28. The van der Waals surface area contributed by atoms with E-state index in [1.807, 2.05) is 22.6 Å². The quantitative estimate of drug-likeness (QED) is 0.583. The van der Waals surface area contributed by atoms with Crippen LogP contribution in [0.2, 0.25) is 0 Å². The summed E-state index contributed by atoms with van der Waals surface area (Å²) >= 11 is 2.05. The lowest BCUT2D eigenvalue weighted by atomic mass is 10.2. The molecule has 2 nitrogen and oxygen atoms in total. The number of carbonyl (C=O) groups is 1. The second-order valence-corrected chi connectivity index (χ2v) is 3.09. The van der Waals surface area contributed by atoms with Gasteiger partial charge in [0.25, 0.3) is 0 Å². The Bertz CT molecular complexity index is 93.1. The molecular formula is C6H12INO. The third-order valence-corrected chi connectivity index (χ3v) is 1.52. The second kappa shape index (κ2) is 5.02. The molecule has 0 aromatic rings. The van der Waals surface area contributed by atoms with Crippen LogP contribution in [0.1, 0.15) is 13.8 Å². The van der Waals surface area contributed by atoms with Gasteiger partial charge in [-0.2, -0.15) is 0 Å². The summed E-state index contributed by atoms with van der Waals surface area (Å²) in [7, 11) is 0. The molecule has 0 radical (unpaired) electrons. The van der Waals surface area contributed by atoms with Crippen LogP contribution in [0, 0.1) is 5.92 Å². The highest BCUT2D eigenvalue weighted by molar-refractivity contribution is 14.1. The molecule has 0 aromatic heterocycles. The number of hydrogen-bond acceptors (Lipinski definition) is 1. The minimum atomic E-state index is 0.129. The highest BCUT2D eigenvalue weighted by Crippen LogP contribution is 1.87. The number of nitrogens with one attached hydrogen (secondary N) is 1. The molecule has 0 spiro atoms. The summed E-state index contributed by atoms with van der Waals surface area (Å²) in [6, 6.07) is 0. The number of hydrogen-bond donors (Lipinski definition) is 1. The van der Waals surface area contributed by atoms with E-state index < -0.39 is 0 Å². The van der Waals surface area contributed by atoms with Crippen LogP contribution in [0.5, 0.6) is 0 Å². The van der Waals surface area contributed by atoms with Gasteiger partial charge in [0.05, 0.1) is 4.43 Å². The van der Waals surface area contributed by atoms with Crippen LogP contribution in [-0.4, -0.2) is 16.9 Å². The number of amides is 1. The van der Waals surface area contributed by atoms with Crippen LogP contribution in [0.15, 0.2) is 0 Å². The first-order chi connectivity index (χ1) is 4.16. The van der Waals surface area contributed by atoms with Crippen molar-refractivity contribution in [3.05, 3.63) is 0 Å². The largest absolute Gasteiger partial charge is 0.355 e. The van der Waals surface area contributed by atoms with Crippen LogP contribution in [-0.2, 0) is 4.79 Å². The van der Waals surface area contributed by atoms with Crippen molar-refractivity contribution in [1.29, 1.82) is 0 Å². The lowest BCUT2D eigenvalue weighted by Gasteiger charge is -2.04. The summed E-state index contributed by atoms with van der Waals surface area (Å²) in [5.74, 6) is 0.682. The van der Waals surface area contributed by atoms with Crippen LogP contribution in [0.4, 0.5) is 0 Å². The van der Waals surface area contributed by atoms with Gasteiger partial charge in [-0.05, 0) is 5.92 Å². The van der Waals surface area contributed by atoms with Crippen molar-refractivity contribution in [2.45, 2.75) is 13.8 Å². The summed E-state index contributed by atoms with van der Waals surface area (Å²) in [5, 5.41) is 2.79. The Balaban J connectivity index is 3.17. The Labute approximate surface area is 69.5 Å². The van der Waals surface area contributed by atoms with Crippen LogP contribution < -0.4 is 5.32 Å². The van der Waals surface area contributed by atoms with E-state index in [1.165, 1.54) is 0 Å². The van der Waals surface area contributed by atoms with Crippen molar-refractivity contribution in [3.8, 4) is 0 Å². The van der Waals surface area contributed by atoms with Gasteiger partial charge < -0.3 is 5.32 Å². The van der Waals surface area contributed by atoms with Gasteiger partial charge in [0.1, 0.15) is 0 Å². The van der Waals surface area contributed by atoms with E-state index in [0.29, 0.717) is 10.3 Å². The molecule has 0 aliphatic rings. The van der Waals surface area contributed by atoms with Gasteiger partial charge in [-0.1, -0.05) is 36.4 Å². The molecule has 9 heavy (non-hydrogen) atoms. The smallest absolute Gasteiger partial charge is 0.229 e. The Kier molecular flexibility index (Phi) is 5.13. The Morgan fingerprint density at radius 3 is 2.56 bits per heavy atom. The van der Waals surface area contributed by atoms with Crippen molar-refractivity contribution in [2.75, 3.05) is 11.0 Å². The van der Waals surface area contributed by atoms with E-state index in [2.05, 4.69) is 19.2 Å². The molecule has 0 unspecified atom stereocenters.